The highest BCUT2D eigenvalue weighted by atomic mass is 16.4. The summed E-state index contributed by atoms with van der Waals surface area (Å²) in [5.74, 6) is -0.274. The Morgan fingerprint density at radius 2 is 2.00 bits per heavy atom. The summed E-state index contributed by atoms with van der Waals surface area (Å²) in [7, 11) is 0. The van der Waals surface area contributed by atoms with Gasteiger partial charge in [-0.3, -0.25) is 9.79 Å². The van der Waals surface area contributed by atoms with Gasteiger partial charge in [0.05, 0.1) is 0 Å². The first-order valence-corrected chi connectivity index (χ1v) is 5.84. The molecule has 1 N–H and O–H groups in total. The molecule has 88 valence electrons. The molecule has 0 saturated heterocycles. The third kappa shape index (κ3) is 8.16. The van der Waals surface area contributed by atoms with Gasteiger partial charge >= 0.3 is 5.97 Å². The molecule has 3 nitrogen and oxygen atoms in total. The molecule has 0 rings (SSSR count). The number of aliphatic carboxylic acids is 1. The van der Waals surface area contributed by atoms with Crippen LogP contribution in [0.4, 0.5) is 0 Å². The molecule has 1 unspecified atom stereocenters. The Kier molecular flexibility index (Phi) is 7.96. The molecule has 0 saturated carbocycles. The van der Waals surface area contributed by atoms with Crippen LogP contribution in [-0.4, -0.2) is 23.3 Å². The highest BCUT2D eigenvalue weighted by Crippen LogP contribution is 2.13. The maximum Gasteiger partial charge on any atom is 0.303 e. The van der Waals surface area contributed by atoms with Crippen LogP contribution < -0.4 is 0 Å². The van der Waals surface area contributed by atoms with Gasteiger partial charge in [0.2, 0.25) is 0 Å². The Hall–Kier alpha value is -0.860. The zero-order valence-corrected chi connectivity index (χ0v) is 10.1. The number of carbonyl (C=O) groups is 1. The van der Waals surface area contributed by atoms with Crippen LogP contribution in [-0.2, 0) is 4.79 Å². The Labute approximate surface area is 92.6 Å². The van der Waals surface area contributed by atoms with E-state index < -0.39 is 5.97 Å². The lowest BCUT2D eigenvalue weighted by molar-refractivity contribution is -0.137. The van der Waals surface area contributed by atoms with Gasteiger partial charge in [0.25, 0.3) is 0 Å². The van der Waals surface area contributed by atoms with Crippen LogP contribution in [0.15, 0.2) is 4.99 Å². The summed E-state index contributed by atoms with van der Waals surface area (Å²) in [6.45, 7) is 7.12. The first-order chi connectivity index (χ1) is 7.10. The molecule has 0 spiro atoms. The smallest absolute Gasteiger partial charge is 0.303 e. The molecular weight excluding hydrogens is 190 g/mol. The molecule has 0 fully saturated rings. The maximum atomic E-state index is 10.4. The van der Waals surface area contributed by atoms with Crippen molar-refractivity contribution in [3.8, 4) is 0 Å². The fourth-order valence-electron chi connectivity index (χ4n) is 1.63. The first kappa shape index (κ1) is 14.1. The van der Waals surface area contributed by atoms with Gasteiger partial charge in [-0.05, 0) is 32.1 Å². The Morgan fingerprint density at radius 1 is 1.33 bits per heavy atom. The second-order valence-electron chi connectivity index (χ2n) is 4.03. The molecular formula is C12H23NO2. The van der Waals surface area contributed by atoms with Crippen LogP contribution in [0.3, 0.4) is 0 Å². The lowest BCUT2D eigenvalue weighted by atomic mass is 9.97. The van der Waals surface area contributed by atoms with Crippen molar-refractivity contribution >= 4 is 11.7 Å². The van der Waals surface area contributed by atoms with Crippen molar-refractivity contribution in [1.82, 2.24) is 0 Å². The van der Waals surface area contributed by atoms with Crippen LogP contribution in [0.1, 0.15) is 52.9 Å². The summed E-state index contributed by atoms with van der Waals surface area (Å²) in [6.07, 6.45) is 4.14. The highest BCUT2D eigenvalue weighted by molar-refractivity contribution is 5.84. The van der Waals surface area contributed by atoms with E-state index in [0.717, 1.165) is 32.2 Å². The third-order valence-electron chi connectivity index (χ3n) is 2.36. The summed E-state index contributed by atoms with van der Waals surface area (Å²) in [6, 6.07) is 0. The average Bonchev–Trinajstić information content (AvgIpc) is 2.15. The van der Waals surface area contributed by atoms with E-state index in [1.165, 1.54) is 5.71 Å². The molecule has 0 aromatic carbocycles. The standard InChI is InChI=1S/C12H23NO2/c1-4-6-11(13-5-2)9-10(3)7-8-12(14)15/h10H,4-9H2,1-3H3,(H,14,15). The van der Waals surface area contributed by atoms with Gasteiger partial charge in [0.1, 0.15) is 0 Å². The summed E-state index contributed by atoms with van der Waals surface area (Å²) >= 11 is 0. The number of hydrogen-bond acceptors (Lipinski definition) is 2. The number of rotatable bonds is 8. The molecule has 1 atom stereocenters. The van der Waals surface area contributed by atoms with E-state index in [9.17, 15) is 4.79 Å². The largest absolute Gasteiger partial charge is 0.481 e. The Balaban J connectivity index is 3.93. The fraction of sp³-hybridized carbons (Fsp3) is 0.833. The monoisotopic (exact) mass is 213 g/mol. The second kappa shape index (κ2) is 8.45. The third-order valence-corrected chi connectivity index (χ3v) is 2.36. The van der Waals surface area contributed by atoms with Crippen molar-refractivity contribution in [3.05, 3.63) is 0 Å². The van der Waals surface area contributed by atoms with E-state index in [0.29, 0.717) is 5.92 Å². The van der Waals surface area contributed by atoms with Crippen LogP contribution in [0.2, 0.25) is 0 Å². The Morgan fingerprint density at radius 3 is 2.47 bits per heavy atom. The normalized spacial score (nSPS) is 13.9. The minimum Gasteiger partial charge on any atom is -0.481 e. The minimum atomic E-state index is -0.702. The predicted octanol–water partition coefficient (Wildman–Crippen LogP) is 3.14. The number of nitrogens with zero attached hydrogens (tertiary/aromatic N) is 1. The number of hydrogen-bond donors (Lipinski definition) is 1. The zero-order chi connectivity index (χ0) is 11.7. The lowest BCUT2D eigenvalue weighted by Crippen LogP contribution is -2.08. The predicted molar refractivity (Wildman–Crippen MR) is 63.5 cm³/mol. The van der Waals surface area contributed by atoms with E-state index >= 15 is 0 Å². The molecule has 15 heavy (non-hydrogen) atoms. The van der Waals surface area contributed by atoms with Crippen molar-refractivity contribution in [2.45, 2.75) is 52.9 Å². The van der Waals surface area contributed by atoms with E-state index in [1.807, 2.05) is 6.92 Å². The zero-order valence-electron chi connectivity index (χ0n) is 10.1. The van der Waals surface area contributed by atoms with Gasteiger partial charge in [0, 0.05) is 18.7 Å². The lowest BCUT2D eigenvalue weighted by Gasteiger charge is -2.11. The second-order valence-corrected chi connectivity index (χ2v) is 4.03. The summed E-state index contributed by atoms with van der Waals surface area (Å²) in [4.78, 5) is 14.9. The van der Waals surface area contributed by atoms with Crippen LogP contribution in [0, 0.1) is 5.92 Å². The number of aliphatic imine (C=N–C) groups is 1. The van der Waals surface area contributed by atoms with E-state index in [4.69, 9.17) is 5.11 Å². The fourth-order valence-corrected chi connectivity index (χ4v) is 1.63. The Bertz CT molecular complexity index is 212. The van der Waals surface area contributed by atoms with Crippen LogP contribution in [0.5, 0.6) is 0 Å². The maximum absolute atomic E-state index is 10.4. The van der Waals surface area contributed by atoms with Gasteiger partial charge < -0.3 is 5.11 Å². The molecule has 0 aliphatic heterocycles. The van der Waals surface area contributed by atoms with Crippen molar-refractivity contribution in [3.63, 3.8) is 0 Å². The quantitative estimate of drug-likeness (QED) is 0.630. The number of carboxylic acids is 1. The summed E-state index contributed by atoms with van der Waals surface area (Å²) in [5.41, 5.74) is 1.25. The van der Waals surface area contributed by atoms with E-state index in [-0.39, 0.29) is 6.42 Å². The van der Waals surface area contributed by atoms with E-state index in [2.05, 4.69) is 18.8 Å². The molecule has 0 aromatic rings. The van der Waals surface area contributed by atoms with Gasteiger partial charge in [-0.1, -0.05) is 20.3 Å². The van der Waals surface area contributed by atoms with Crippen molar-refractivity contribution in [1.29, 1.82) is 0 Å². The van der Waals surface area contributed by atoms with Gasteiger partial charge in [-0.15, -0.1) is 0 Å². The summed E-state index contributed by atoms with van der Waals surface area (Å²) in [5, 5.41) is 8.57. The van der Waals surface area contributed by atoms with Crippen molar-refractivity contribution in [2.24, 2.45) is 10.9 Å². The molecule has 0 heterocycles. The summed E-state index contributed by atoms with van der Waals surface area (Å²) < 4.78 is 0. The van der Waals surface area contributed by atoms with Gasteiger partial charge in [-0.2, -0.15) is 0 Å². The average molecular weight is 213 g/mol. The van der Waals surface area contributed by atoms with Crippen LogP contribution in [0.25, 0.3) is 0 Å². The molecule has 0 amide bonds. The molecule has 0 aliphatic rings. The van der Waals surface area contributed by atoms with Gasteiger partial charge in [0.15, 0.2) is 0 Å². The SMILES string of the molecule is CCCC(CC(C)CCC(=O)O)=NCC. The first-order valence-electron chi connectivity index (χ1n) is 5.84. The minimum absolute atomic E-state index is 0.271. The van der Waals surface area contributed by atoms with E-state index in [1.54, 1.807) is 0 Å². The highest BCUT2D eigenvalue weighted by Gasteiger charge is 2.08. The number of carboxylic acid groups (broad SMARTS) is 1. The molecule has 0 aliphatic carbocycles. The topological polar surface area (TPSA) is 49.7 Å². The molecule has 3 heteroatoms. The molecule has 0 bridgehead atoms. The van der Waals surface area contributed by atoms with Crippen LogP contribution >= 0.6 is 0 Å². The van der Waals surface area contributed by atoms with Crippen molar-refractivity contribution in [2.75, 3.05) is 6.54 Å². The molecule has 0 radical (unpaired) electrons. The van der Waals surface area contributed by atoms with Gasteiger partial charge in [-0.25, -0.2) is 0 Å². The van der Waals surface area contributed by atoms with Crippen molar-refractivity contribution < 1.29 is 9.90 Å². The molecule has 0 aromatic heterocycles.